The van der Waals surface area contributed by atoms with E-state index in [0.29, 0.717) is 13.1 Å². The van der Waals surface area contributed by atoms with E-state index in [1.165, 1.54) is 11.1 Å². The van der Waals surface area contributed by atoms with Crippen LogP contribution >= 0.6 is 0 Å². The van der Waals surface area contributed by atoms with Gasteiger partial charge < -0.3 is 4.90 Å². The minimum atomic E-state index is -0.865. The molecule has 196 valence electrons. The topological polar surface area (TPSA) is 32.8 Å². The minimum absolute atomic E-state index is 0.152. The van der Waals surface area contributed by atoms with Gasteiger partial charge in [-0.1, -0.05) is 108 Å². The summed E-state index contributed by atoms with van der Waals surface area (Å²) in [6, 6.07) is 37.0. The number of para-hydroxylation sites is 1. The molecule has 0 aliphatic carbocycles. The number of hydroxylamine groups is 1. The maximum atomic E-state index is 15.0. The van der Waals surface area contributed by atoms with Crippen LogP contribution in [0.3, 0.4) is 0 Å². The lowest BCUT2D eigenvalue weighted by Crippen LogP contribution is -2.54. The number of piperidine rings is 1. The van der Waals surface area contributed by atoms with Crippen LogP contribution in [0.1, 0.15) is 40.0 Å². The zero-order chi connectivity index (χ0) is 27.0. The third-order valence-electron chi connectivity index (χ3n) is 8.02. The van der Waals surface area contributed by atoms with Crippen LogP contribution in [-0.2, 0) is 9.63 Å². The maximum Gasteiger partial charge on any atom is 0.173 e. The summed E-state index contributed by atoms with van der Waals surface area (Å²) in [5.41, 5.74) is 6.37. The highest BCUT2D eigenvalue weighted by atomic mass is 16.7. The number of hydrogen-bond donors (Lipinski definition) is 0. The molecule has 0 bridgehead atoms. The van der Waals surface area contributed by atoms with E-state index in [-0.39, 0.29) is 11.8 Å². The summed E-state index contributed by atoms with van der Waals surface area (Å²) < 4.78 is 0. The predicted molar refractivity (Wildman–Crippen MR) is 157 cm³/mol. The van der Waals surface area contributed by atoms with Crippen molar-refractivity contribution in [3.8, 4) is 0 Å². The number of anilines is 1. The molecule has 2 aliphatic rings. The van der Waals surface area contributed by atoms with Gasteiger partial charge in [-0.05, 0) is 55.8 Å². The molecule has 0 saturated carbocycles. The number of rotatable bonds is 4. The summed E-state index contributed by atoms with van der Waals surface area (Å²) in [5, 5.41) is 1.99. The fourth-order valence-electron chi connectivity index (χ4n) is 6.20. The average Bonchev–Trinajstić information content (AvgIpc) is 3.29. The molecule has 1 spiro atoms. The van der Waals surface area contributed by atoms with E-state index in [1.54, 1.807) is 0 Å². The van der Waals surface area contributed by atoms with Crippen molar-refractivity contribution in [2.75, 3.05) is 25.2 Å². The van der Waals surface area contributed by atoms with Gasteiger partial charge in [-0.3, -0.25) is 9.63 Å². The zero-order valence-corrected chi connectivity index (χ0v) is 22.7. The van der Waals surface area contributed by atoms with Crippen molar-refractivity contribution in [2.45, 2.75) is 26.0 Å². The van der Waals surface area contributed by atoms with E-state index >= 15 is 0 Å². The number of Topliss-reactive ketones (excluding diaryl/α,β-unsaturated/α-hetero) is 1. The number of nitrogens with zero attached hydrogens (tertiary/aromatic N) is 2. The summed E-state index contributed by atoms with van der Waals surface area (Å²) in [4.78, 5) is 24.2. The Bertz CT molecular complexity index is 1480. The van der Waals surface area contributed by atoms with Gasteiger partial charge in [-0.25, -0.2) is 5.06 Å². The summed E-state index contributed by atoms with van der Waals surface area (Å²) in [7, 11) is 2.11. The van der Waals surface area contributed by atoms with Crippen LogP contribution in [0.5, 0.6) is 0 Å². The Kier molecular flexibility index (Phi) is 6.68. The van der Waals surface area contributed by atoms with Crippen molar-refractivity contribution >= 4 is 17.5 Å². The molecule has 0 amide bonds. The van der Waals surface area contributed by atoms with Crippen molar-refractivity contribution in [2.24, 2.45) is 5.41 Å². The second-order valence-electron chi connectivity index (χ2n) is 11.0. The van der Waals surface area contributed by atoms with Gasteiger partial charge in [0.2, 0.25) is 0 Å². The number of likely N-dealkylation sites (tertiary alicyclic amines) is 1. The van der Waals surface area contributed by atoms with Crippen molar-refractivity contribution in [3.05, 3.63) is 143 Å². The van der Waals surface area contributed by atoms with E-state index in [2.05, 4.69) is 105 Å². The van der Waals surface area contributed by atoms with Gasteiger partial charge in [0.15, 0.2) is 5.78 Å². The Morgan fingerprint density at radius 1 is 0.769 bits per heavy atom. The van der Waals surface area contributed by atoms with Gasteiger partial charge in [0.05, 0.1) is 11.7 Å². The summed E-state index contributed by atoms with van der Waals surface area (Å²) in [6.45, 7) is 5.34. The number of carbonyl (C=O) groups excluding carboxylic acids is 1. The summed E-state index contributed by atoms with van der Waals surface area (Å²) in [6.07, 6.45) is 1.61. The van der Waals surface area contributed by atoms with Crippen LogP contribution in [0.2, 0.25) is 0 Å². The quantitative estimate of drug-likeness (QED) is 0.272. The molecular weight excluding hydrogens is 480 g/mol. The molecule has 2 fully saturated rings. The molecular formula is C35H34N2O2. The Balaban J connectivity index is 1.57. The lowest BCUT2D eigenvalue weighted by atomic mass is 9.64. The monoisotopic (exact) mass is 514 g/mol. The Hall–Kier alpha value is -3.99. The van der Waals surface area contributed by atoms with Crippen LogP contribution in [0.4, 0.5) is 5.69 Å². The van der Waals surface area contributed by atoms with Crippen LogP contribution in [0.15, 0.2) is 115 Å². The van der Waals surface area contributed by atoms with Gasteiger partial charge in [0, 0.05) is 18.7 Å². The highest BCUT2D eigenvalue weighted by molar-refractivity contribution is 6.06. The molecule has 4 aromatic rings. The van der Waals surface area contributed by atoms with E-state index in [1.807, 2.05) is 41.5 Å². The Morgan fingerprint density at radius 2 is 1.36 bits per heavy atom. The molecule has 2 aliphatic heterocycles. The standard InChI is InChI=1S/C35H34N2O2/c1-25-14-18-27(19-15-25)22-30-23-36(3)24-35(33(30)38)32(28-10-6-4-7-11-28)37(31-12-8-5-9-13-31)39-34(35)29-20-16-26(2)17-21-29/h4-22,32,34H,23-24H2,1-3H3/b30-22+/t32-,34-,35-/m1/s1. The number of carbonyl (C=O) groups is 1. The lowest BCUT2D eigenvalue weighted by molar-refractivity contribution is -0.133. The van der Waals surface area contributed by atoms with E-state index in [0.717, 1.165) is 28.0 Å². The number of benzene rings is 4. The fraction of sp³-hybridized carbons (Fsp3) is 0.229. The number of hydrogen-bond acceptors (Lipinski definition) is 4. The molecule has 0 aromatic heterocycles. The van der Waals surface area contributed by atoms with Crippen LogP contribution in [0, 0.1) is 19.3 Å². The van der Waals surface area contributed by atoms with Crippen molar-refractivity contribution < 1.29 is 9.63 Å². The van der Waals surface area contributed by atoms with E-state index < -0.39 is 11.5 Å². The van der Waals surface area contributed by atoms with Crippen LogP contribution in [-0.4, -0.2) is 30.8 Å². The predicted octanol–water partition coefficient (Wildman–Crippen LogP) is 7.12. The molecule has 39 heavy (non-hydrogen) atoms. The molecule has 3 atom stereocenters. The van der Waals surface area contributed by atoms with E-state index in [9.17, 15) is 4.79 Å². The Morgan fingerprint density at radius 3 is 2.00 bits per heavy atom. The first-order chi connectivity index (χ1) is 19.0. The minimum Gasteiger partial charge on any atom is -0.301 e. The van der Waals surface area contributed by atoms with Crippen LogP contribution < -0.4 is 5.06 Å². The largest absolute Gasteiger partial charge is 0.301 e. The molecule has 0 N–H and O–H groups in total. The normalized spacial score (nSPS) is 24.5. The molecule has 2 saturated heterocycles. The second kappa shape index (κ2) is 10.3. The first kappa shape index (κ1) is 25.3. The maximum absolute atomic E-state index is 15.0. The van der Waals surface area contributed by atoms with Gasteiger partial charge in [0.25, 0.3) is 0 Å². The number of aryl methyl sites for hydroxylation is 2. The van der Waals surface area contributed by atoms with Gasteiger partial charge in [-0.15, -0.1) is 0 Å². The first-order valence-electron chi connectivity index (χ1n) is 13.6. The molecule has 0 radical (unpaired) electrons. The second-order valence-corrected chi connectivity index (χ2v) is 11.0. The molecule has 4 aromatic carbocycles. The first-order valence-corrected chi connectivity index (χ1v) is 13.6. The third-order valence-corrected chi connectivity index (χ3v) is 8.02. The highest BCUT2D eigenvalue weighted by Crippen LogP contribution is 2.59. The van der Waals surface area contributed by atoms with Gasteiger partial charge in [0.1, 0.15) is 11.5 Å². The molecule has 2 heterocycles. The number of likely N-dealkylation sites (N-methyl/N-ethyl adjacent to an activating group) is 1. The van der Waals surface area contributed by atoms with Gasteiger partial charge in [-0.2, -0.15) is 0 Å². The average molecular weight is 515 g/mol. The third kappa shape index (κ3) is 4.60. The molecule has 6 rings (SSSR count). The Labute approximate surface area is 231 Å². The smallest absolute Gasteiger partial charge is 0.173 e. The number of ketones is 1. The summed E-state index contributed by atoms with van der Waals surface area (Å²) in [5.74, 6) is 0.152. The SMILES string of the molecule is Cc1ccc(/C=C2\CN(C)C[C@@]3(C2=O)[C@@H](c2ccc(C)cc2)ON(c2ccccc2)[C@@H]3c2ccccc2)cc1. The van der Waals surface area contributed by atoms with E-state index in [4.69, 9.17) is 4.84 Å². The lowest BCUT2D eigenvalue weighted by Gasteiger charge is -2.44. The molecule has 4 nitrogen and oxygen atoms in total. The van der Waals surface area contributed by atoms with Crippen LogP contribution in [0.25, 0.3) is 6.08 Å². The van der Waals surface area contributed by atoms with Crippen molar-refractivity contribution in [1.29, 1.82) is 0 Å². The fourth-order valence-corrected chi connectivity index (χ4v) is 6.20. The van der Waals surface area contributed by atoms with Crippen molar-refractivity contribution in [3.63, 3.8) is 0 Å². The highest BCUT2D eigenvalue weighted by Gasteiger charge is 2.63. The van der Waals surface area contributed by atoms with Gasteiger partial charge >= 0.3 is 0 Å². The summed E-state index contributed by atoms with van der Waals surface area (Å²) >= 11 is 0. The van der Waals surface area contributed by atoms with Crippen molar-refractivity contribution in [1.82, 2.24) is 4.90 Å². The molecule has 0 unspecified atom stereocenters. The molecule has 4 heteroatoms. The zero-order valence-electron chi connectivity index (χ0n) is 22.7.